The number of amides is 1. The van der Waals surface area contributed by atoms with Gasteiger partial charge in [-0.2, -0.15) is 5.26 Å². The van der Waals surface area contributed by atoms with Crippen molar-refractivity contribution in [2.45, 2.75) is 6.92 Å². The van der Waals surface area contributed by atoms with Gasteiger partial charge in [0.25, 0.3) is 5.91 Å². The second-order valence-corrected chi connectivity index (χ2v) is 5.51. The number of ether oxygens (including phenoxy) is 1. The third kappa shape index (κ3) is 4.80. The molecule has 0 radical (unpaired) electrons. The Morgan fingerprint density at radius 1 is 1.07 bits per heavy atom. The molecule has 2 N–H and O–H groups in total. The average Bonchev–Trinajstić information content (AvgIpc) is 2.70. The Bertz CT molecular complexity index is 963. The highest BCUT2D eigenvalue weighted by atomic mass is 16.5. The molecule has 134 valence electrons. The fourth-order valence-corrected chi connectivity index (χ4v) is 2.32. The number of nitrogens with zero attached hydrogens (tertiary/aromatic N) is 3. The maximum atomic E-state index is 12.4. The van der Waals surface area contributed by atoms with E-state index in [1.165, 1.54) is 6.33 Å². The van der Waals surface area contributed by atoms with E-state index in [4.69, 9.17) is 10.00 Å². The van der Waals surface area contributed by atoms with Gasteiger partial charge in [0.1, 0.15) is 23.6 Å². The maximum absolute atomic E-state index is 12.4. The normalized spacial score (nSPS) is 9.93. The summed E-state index contributed by atoms with van der Waals surface area (Å²) in [6.45, 7) is 2.54. The van der Waals surface area contributed by atoms with Crippen LogP contribution in [0.1, 0.15) is 23.0 Å². The quantitative estimate of drug-likeness (QED) is 0.695. The van der Waals surface area contributed by atoms with Crippen LogP contribution in [-0.2, 0) is 0 Å². The number of nitriles is 1. The summed E-state index contributed by atoms with van der Waals surface area (Å²) in [6.07, 6.45) is 1.32. The van der Waals surface area contributed by atoms with Crippen molar-refractivity contribution in [2.75, 3.05) is 17.2 Å². The number of rotatable bonds is 6. The van der Waals surface area contributed by atoms with E-state index in [9.17, 15) is 4.79 Å². The Hall–Kier alpha value is -3.92. The minimum atomic E-state index is -0.364. The summed E-state index contributed by atoms with van der Waals surface area (Å²) in [4.78, 5) is 20.5. The highest BCUT2D eigenvalue weighted by Gasteiger charge is 2.09. The molecule has 0 aliphatic carbocycles. The zero-order valence-corrected chi connectivity index (χ0v) is 14.6. The van der Waals surface area contributed by atoms with E-state index in [1.54, 1.807) is 30.3 Å². The summed E-state index contributed by atoms with van der Waals surface area (Å²) in [5.74, 6) is 0.921. The highest BCUT2D eigenvalue weighted by molar-refractivity contribution is 6.03. The number of carbonyl (C=O) groups excluding carboxylic acids is 1. The maximum Gasteiger partial charge on any atom is 0.274 e. The first-order valence-electron chi connectivity index (χ1n) is 8.31. The van der Waals surface area contributed by atoms with E-state index in [0.29, 0.717) is 23.7 Å². The molecular weight excluding hydrogens is 342 g/mol. The molecule has 1 heterocycles. The zero-order valence-electron chi connectivity index (χ0n) is 14.6. The number of benzene rings is 2. The lowest BCUT2D eigenvalue weighted by molar-refractivity contribution is 0.102. The molecule has 27 heavy (non-hydrogen) atoms. The van der Waals surface area contributed by atoms with Gasteiger partial charge in [-0.1, -0.05) is 0 Å². The standard InChI is InChI=1S/C20H17N5O2/c1-2-27-17-9-7-15(8-10-17)24-19-11-18(22-13-23-19)20(26)25-16-5-3-14(12-21)4-6-16/h3-11,13H,2H2,1H3,(H,25,26)(H,22,23,24). The second-order valence-electron chi connectivity index (χ2n) is 5.51. The first kappa shape index (κ1) is 17.9. The van der Waals surface area contributed by atoms with Crippen LogP contribution >= 0.6 is 0 Å². The van der Waals surface area contributed by atoms with Gasteiger partial charge in [-0.25, -0.2) is 9.97 Å². The second kappa shape index (κ2) is 8.45. The summed E-state index contributed by atoms with van der Waals surface area (Å²) < 4.78 is 5.41. The molecule has 7 nitrogen and oxygen atoms in total. The highest BCUT2D eigenvalue weighted by Crippen LogP contribution is 2.19. The van der Waals surface area contributed by atoms with Crippen LogP contribution in [0.4, 0.5) is 17.2 Å². The molecule has 1 aromatic heterocycles. The summed E-state index contributed by atoms with van der Waals surface area (Å²) in [5, 5.41) is 14.7. The monoisotopic (exact) mass is 359 g/mol. The van der Waals surface area contributed by atoms with Crippen LogP contribution < -0.4 is 15.4 Å². The predicted molar refractivity (Wildman–Crippen MR) is 102 cm³/mol. The molecule has 0 unspecified atom stereocenters. The molecule has 0 spiro atoms. The van der Waals surface area contributed by atoms with Crippen molar-refractivity contribution in [3.63, 3.8) is 0 Å². The van der Waals surface area contributed by atoms with Crippen molar-refractivity contribution in [1.29, 1.82) is 5.26 Å². The first-order chi connectivity index (χ1) is 13.2. The lowest BCUT2D eigenvalue weighted by Crippen LogP contribution is -2.14. The molecule has 0 aliphatic heterocycles. The topological polar surface area (TPSA) is 99.9 Å². The largest absolute Gasteiger partial charge is 0.494 e. The van der Waals surface area contributed by atoms with Crippen molar-refractivity contribution in [3.05, 3.63) is 72.2 Å². The fraction of sp³-hybridized carbons (Fsp3) is 0.100. The SMILES string of the molecule is CCOc1ccc(Nc2cc(C(=O)Nc3ccc(C#N)cc3)ncn2)cc1. The van der Waals surface area contributed by atoms with Crippen molar-refractivity contribution in [3.8, 4) is 11.8 Å². The van der Waals surface area contributed by atoms with Gasteiger partial charge in [-0.15, -0.1) is 0 Å². The minimum absolute atomic E-state index is 0.225. The molecule has 1 amide bonds. The summed E-state index contributed by atoms with van der Waals surface area (Å²) in [5.41, 5.74) is 2.15. The molecule has 0 atom stereocenters. The van der Waals surface area contributed by atoms with Gasteiger partial charge in [0.05, 0.1) is 18.2 Å². The number of nitrogens with one attached hydrogen (secondary N) is 2. The van der Waals surface area contributed by atoms with Crippen molar-refractivity contribution in [1.82, 2.24) is 9.97 Å². The van der Waals surface area contributed by atoms with Crippen molar-refractivity contribution >= 4 is 23.1 Å². The van der Waals surface area contributed by atoms with E-state index in [0.717, 1.165) is 11.4 Å². The first-order valence-corrected chi connectivity index (χ1v) is 8.31. The van der Waals surface area contributed by atoms with Gasteiger partial charge in [-0.3, -0.25) is 4.79 Å². The summed E-state index contributed by atoms with van der Waals surface area (Å²) in [6, 6.07) is 17.6. The Morgan fingerprint density at radius 2 is 1.78 bits per heavy atom. The van der Waals surface area contributed by atoms with Crippen LogP contribution in [0, 0.1) is 11.3 Å². The summed E-state index contributed by atoms with van der Waals surface area (Å²) in [7, 11) is 0. The van der Waals surface area contributed by atoms with Gasteiger partial charge < -0.3 is 15.4 Å². The van der Waals surface area contributed by atoms with Crippen molar-refractivity contribution in [2.24, 2.45) is 0 Å². The molecular formula is C20H17N5O2. The Morgan fingerprint density at radius 3 is 2.44 bits per heavy atom. The number of hydrogen-bond donors (Lipinski definition) is 2. The Labute approximate surface area is 156 Å². The lowest BCUT2D eigenvalue weighted by atomic mass is 10.2. The van der Waals surface area contributed by atoms with Gasteiger partial charge in [0.2, 0.25) is 0 Å². The Kier molecular flexibility index (Phi) is 5.60. The molecule has 7 heteroatoms. The van der Waals surface area contributed by atoms with Crippen molar-refractivity contribution < 1.29 is 9.53 Å². The fourth-order valence-electron chi connectivity index (χ4n) is 2.32. The average molecular weight is 359 g/mol. The molecule has 3 aromatic rings. The van der Waals surface area contributed by atoms with Gasteiger partial charge in [0.15, 0.2) is 0 Å². The van der Waals surface area contributed by atoms with E-state index in [-0.39, 0.29) is 11.6 Å². The third-order valence-electron chi connectivity index (χ3n) is 3.61. The van der Waals surface area contributed by atoms with Crippen LogP contribution in [0.15, 0.2) is 60.9 Å². The van der Waals surface area contributed by atoms with E-state index < -0.39 is 0 Å². The van der Waals surface area contributed by atoms with E-state index in [1.807, 2.05) is 37.3 Å². The van der Waals surface area contributed by atoms with Gasteiger partial charge in [-0.05, 0) is 55.5 Å². The van der Waals surface area contributed by atoms with E-state index in [2.05, 4.69) is 20.6 Å². The molecule has 2 aromatic carbocycles. The van der Waals surface area contributed by atoms with Gasteiger partial charge in [0, 0.05) is 17.4 Å². The van der Waals surface area contributed by atoms with Gasteiger partial charge >= 0.3 is 0 Å². The van der Waals surface area contributed by atoms with Crippen LogP contribution in [0.25, 0.3) is 0 Å². The predicted octanol–water partition coefficient (Wildman–Crippen LogP) is 3.74. The van der Waals surface area contributed by atoms with Crippen LogP contribution in [0.2, 0.25) is 0 Å². The number of carbonyl (C=O) groups is 1. The zero-order chi connectivity index (χ0) is 19.1. The van der Waals surface area contributed by atoms with Crippen LogP contribution in [0.5, 0.6) is 5.75 Å². The third-order valence-corrected chi connectivity index (χ3v) is 3.61. The minimum Gasteiger partial charge on any atom is -0.494 e. The molecule has 3 rings (SSSR count). The molecule has 0 fully saturated rings. The molecule has 0 bridgehead atoms. The number of aromatic nitrogens is 2. The lowest BCUT2D eigenvalue weighted by Gasteiger charge is -2.09. The van der Waals surface area contributed by atoms with Crippen LogP contribution in [-0.4, -0.2) is 22.5 Å². The summed E-state index contributed by atoms with van der Waals surface area (Å²) >= 11 is 0. The van der Waals surface area contributed by atoms with E-state index >= 15 is 0 Å². The van der Waals surface area contributed by atoms with Crippen LogP contribution in [0.3, 0.4) is 0 Å². The molecule has 0 saturated heterocycles. The smallest absolute Gasteiger partial charge is 0.274 e. The number of anilines is 3. The Balaban J connectivity index is 1.68. The number of hydrogen-bond acceptors (Lipinski definition) is 6. The molecule has 0 aliphatic rings. The molecule has 0 saturated carbocycles.